The van der Waals surface area contributed by atoms with Gasteiger partial charge >= 0.3 is 0 Å². The topological polar surface area (TPSA) is 24.5 Å². The molecule has 2 fully saturated rings. The summed E-state index contributed by atoms with van der Waals surface area (Å²) >= 11 is 0. The van der Waals surface area contributed by atoms with Crippen LogP contribution in [-0.4, -0.2) is 49.3 Å². The lowest BCUT2D eigenvalue weighted by Crippen LogP contribution is -2.62. The fraction of sp³-hybridized carbons (Fsp3) is 1.00. The van der Waals surface area contributed by atoms with Gasteiger partial charge in [-0.1, -0.05) is 13.8 Å². The standard InChI is InChI=1S/C16H32N2O/c1-13(2)7-9-19-10-8-18-12-16(3,4)17-11-15(18)14-5-6-14/h13-15,17H,5-12H2,1-4H3. The molecule has 19 heavy (non-hydrogen) atoms. The largest absolute Gasteiger partial charge is 0.380 e. The summed E-state index contributed by atoms with van der Waals surface area (Å²) in [5.41, 5.74) is 0.253. The van der Waals surface area contributed by atoms with Gasteiger partial charge in [0.15, 0.2) is 0 Å². The normalized spacial score (nSPS) is 27.9. The van der Waals surface area contributed by atoms with E-state index in [0.29, 0.717) is 0 Å². The molecule has 112 valence electrons. The molecule has 3 heteroatoms. The minimum Gasteiger partial charge on any atom is -0.380 e. The second kappa shape index (κ2) is 6.55. The highest BCUT2D eigenvalue weighted by Gasteiger charge is 2.40. The summed E-state index contributed by atoms with van der Waals surface area (Å²) in [6, 6.07) is 0.752. The molecule has 0 radical (unpaired) electrons. The summed E-state index contributed by atoms with van der Waals surface area (Å²) in [5, 5.41) is 3.69. The maximum atomic E-state index is 5.80. The van der Waals surface area contributed by atoms with Crippen LogP contribution in [0.1, 0.15) is 47.0 Å². The molecule has 0 bridgehead atoms. The predicted molar refractivity (Wildman–Crippen MR) is 80.4 cm³/mol. The molecule has 1 aliphatic heterocycles. The Bertz CT molecular complexity index is 274. The van der Waals surface area contributed by atoms with Crippen LogP contribution in [0.15, 0.2) is 0 Å². The molecule has 1 N–H and O–H groups in total. The van der Waals surface area contributed by atoms with E-state index in [1.54, 1.807) is 0 Å². The van der Waals surface area contributed by atoms with Gasteiger partial charge in [-0.3, -0.25) is 4.90 Å². The van der Waals surface area contributed by atoms with Gasteiger partial charge in [0.2, 0.25) is 0 Å². The lowest BCUT2D eigenvalue weighted by Gasteiger charge is -2.45. The third kappa shape index (κ3) is 5.05. The quantitative estimate of drug-likeness (QED) is 0.718. The van der Waals surface area contributed by atoms with E-state index in [2.05, 4.69) is 37.9 Å². The van der Waals surface area contributed by atoms with E-state index < -0.39 is 0 Å². The monoisotopic (exact) mass is 268 g/mol. The van der Waals surface area contributed by atoms with Crippen molar-refractivity contribution in [1.82, 2.24) is 10.2 Å². The van der Waals surface area contributed by atoms with Crippen molar-refractivity contribution in [3.63, 3.8) is 0 Å². The number of hydrogen-bond acceptors (Lipinski definition) is 3. The lowest BCUT2D eigenvalue weighted by molar-refractivity contribution is 0.0396. The number of nitrogens with one attached hydrogen (secondary N) is 1. The number of ether oxygens (including phenoxy) is 1. The van der Waals surface area contributed by atoms with Crippen molar-refractivity contribution in [2.45, 2.75) is 58.5 Å². The van der Waals surface area contributed by atoms with Gasteiger partial charge in [-0.25, -0.2) is 0 Å². The van der Waals surface area contributed by atoms with Crippen LogP contribution in [0.5, 0.6) is 0 Å². The summed E-state index contributed by atoms with van der Waals surface area (Å²) in [6.07, 6.45) is 4.04. The molecule has 2 rings (SSSR count). The fourth-order valence-corrected chi connectivity index (χ4v) is 2.98. The van der Waals surface area contributed by atoms with Crippen LogP contribution in [-0.2, 0) is 4.74 Å². The molecule has 1 atom stereocenters. The van der Waals surface area contributed by atoms with Gasteiger partial charge in [-0.05, 0) is 44.9 Å². The van der Waals surface area contributed by atoms with Crippen molar-refractivity contribution in [1.29, 1.82) is 0 Å². The first kappa shape index (κ1) is 15.3. The second-order valence-electron chi connectivity index (χ2n) is 7.43. The van der Waals surface area contributed by atoms with E-state index >= 15 is 0 Å². The Kier molecular flexibility index (Phi) is 5.27. The van der Waals surface area contributed by atoms with Gasteiger partial charge in [0.25, 0.3) is 0 Å². The molecule has 1 saturated heterocycles. The number of piperazine rings is 1. The lowest BCUT2D eigenvalue weighted by atomic mass is 9.96. The zero-order valence-corrected chi connectivity index (χ0v) is 13.2. The molecule has 0 spiro atoms. The van der Waals surface area contributed by atoms with Crippen molar-refractivity contribution >= 4 is 0 Å². The highest BCUT2D eigenvalue weighted by atomic mass is 16.5. The molecule has 0 aromatic heterocycles. The van der Waals surface area contributed by atoms with Gasteiger partial charge in [0, 0.05) is 37.8 Å². The van der Waals surface area contributed by atoms with Crippen LogP contribution in [0.25, 0.3) is 0 Å². The van der Waals surface area contributed by atoms with Crippen LogP contribution in [0.2, 0.25) is 0 Å². The average Bonchev–Trinajstić information content (AvgIpc) is 3.11. The molecule has 1 aliphatic carbocycles. The molecule has 2 aliphatic rings. The summed E-state index contributed by atoms with van der Waals surface area (Å²) in [4.78, 5) is 2.67. The Morgan fingerprint density at radius 2 is 2.00 bits per heavy atom. The highest BCUT2D eigenvalue weighted by molar-refractivity contribution is 4.98. The zero-order chi connectivity index (χ0) is 13.9. The molecule has 0 amide bonds. The summed E-state index contributed by atoms with van der Waals surface area (Å²) in [6.45, 7) is 14.4. The van der Waals surface area contributed by atoms with Gasteiger partial charge in [-0.15, -0.1) is 0 Å². The number of nitrogens with zero attached hydrogens (tertiary/aromatic N) is 1. The maximum Gasteiger partial charge on any atom is 0.0593 e. The van der Waals surface area contributed by atoms with Crippen LogP contribution in [0.4, 0.5) is 0 Å². The van der Waals surface area contributed by atoms with Crippen LogP contribution >= 0.6 is 0 Å². The SMILES string of the molecule is CC(C)CCOCCN1CC(C)(C)NCC1C1CC1. The molecule has 0 aromatic carbocycles. The first-order chi connectivity index (χ1) is 8.98. The molecule has 1 heterocycles. The average molecular weight is 268 g/mol. The molecule has 1 unspecified atom stereocenters. The Hall–Kier alpha value is -0.120. The fourth-order valence-electron chi connectivity index (χ4n) is 2.98. The van der Waals surface area contributed by atoms with E-state index in [4.69, 9.17) is 4.74 Å². The first-order valence-electron chi connectivity index (χ1n) is 8.05. The number of rotatable bonds is 7. The maximum absolute atomic E-state index is 5.80. The minimum absolute atomic E-state index is 0.253. The molecular weight excluding hydrogens is 236 g/mol. The first-order valence-corrected chi connectivity index (χ1v) is 8.05. The molecular formula is C16H32N2O. The van der Waals surface area contributed by atoms with Crippen LogP contribution in [0, 0.1) is 11.8 Å². The Morgan fingerprint density at radius 1 is 1.26 bits per heavy atom. The molecule has 0 aromatic rings. The van der Waals surface area contributed by atoms with E-state index in [0.717, 1.165) is 50.7 Å². The Labute approximate surface area is 119 Å². The van der Waals surface area contributed by atoms with Crippen molar-refractivity contribution in [2.75, 3.05) is 32.8 Å². The summed E-state index contributed by atoms with van der Waals surface area (Å²) in [5.74, 6) is 1.69. The molecule has 3 nitrogen and oxygen atoms in total. The van der Waals surface area contributed by atoms with Crippen LogP contribution in [0.3, 0.4) is 0 Å². The van der Waals surface area contributed by atoms with E-state index in [-0.39, 0.29) is 5.54 Å². The van der Waals surface area contributed by atoms with Gasteiger partial charge in [0.05, 0.1) is 6.61 Å². The third-order valence-electron chi connectivity index (χ3n) is 4.39. The smallest absolute Gasteiger partial charge is 0.0593 e. The number of hydrogen-bond donors (Lipinski definition) is 1. The van der Waals surface area contributed by atoms with E-state index in [9.17, 15) is 0 Å². The van der Waals surface area contributed by atoms with Crippen molar-refractivity contribution in [3.8, 4) is 0 Å². The summed E-state index contributed by atoms with van der Waals surface area (Å²) in [7, 11) is 0. The molecule has 1 saturated carbocycles. The van der Waals surface area contributed by atoms with E-state index in [1.165, 1.54) is 19.3 Å². The van der Waals surface area contributed by atoms with Crippen molar-refractivity contribution in [2.24, 2.45) is 11.8 Å². The van der Waals surface area contributed by atoms with Crippen LogP contribution < -0.4 is 5.32 Å². The third-order valence-corrected chi connectivity index (χ3v) is 4.39. The predicted octanol–water partition coefficient (Wildman–Crippen LogP) is 2.51. The van der Waals surface area contributed by atoms with Gasteiger partial charge in [-0.2, -0.15) is 0 Å². The summed E-state index contributed by atoms with van der Waals surface area (Å²) < 4.78 is 5.80. The Morgan fingerprint density at radius 3 is 2.63 bits per heavy atom. The zero-order valence-electron chi connectivity index (χ0n) is 13.2. The van der Waals surface area contributed by atoms with E-state index in [1.807, 2.05) is 0 Å². The highest BCUT2D eigenvalue weighted by Crippen LogP contribution is 2.37. The van der Waals surface area contributed by atoms with Gasteiger partial charge < -0.3 is 10.1 Å². The van der Waals surface area contributed by atoms with Gasteiger partial charge in [0.1, 0.15) is 0 Å². The Balaban J connectivity index is 1.71. The van der Waals surface area contributed by atoms with Crippen molar-refractivity contribution < 1.29 is 4.74 Å². The minimum atomic E-state index is 0.253. The second-order valence-corrected chi connectivity index (χ2v) is 7.43. The van der Waals surface area contributed by atoms with Crippen molar-refractivity contribution in [3.05, 3.63) is 0 Å².